The van der Waals surface area contributed by atoms with Gasteiger partial charge in [-0.25, -0.2) is 0 Å². The summed E-state index contributed by atoms with van der Waals surface area (Å²) in [6.45, 7) is 18.7. The molecular formula is C30H41N. The minimum atomic E-state index is 0.322. The number of hydrogen-bond acceptors (Lipinski definition) is 1. The van der Waals surface area contributed by atoms with Crippen molar-refractivity contribution < 1.29 is 0 Å². The van der Waals surface area contributed by atoms with Gasteiger partial charge in [-0.05, 0) is 67.9 Å². The Bertz CT molecular complexity index is 889. The molecule has 0 saturated heterocycles. The quantitative estimate of drug-likeness (QED) is 0.387. The molecule has 0 aliphatic carbocycles. The molecule has 0 fully saturated rings. The van der Waals surface area contributed by atoms with Crippen molar-refractivity contribution in [3.8, 4) is 0 Å². The van der Waals surface area contributed by atoms with Crippen LogP contribution in [0.3, 0.4) is 0 Å². The molecule has 2 rings (SSSR count). The molecule has 31 heavy (non-hydrogen) atoms. The molecule has 1 atom stereocenters. The van der Waals surface area contributed by atoms with Crippen LogP contribution < -0.4 is 0 Å². The lowest BCUT2D eigenvalue weighted by Crippen LogP contribution is -2.32. The van der Waals surface area contributed by atoms with Crippen LogP contribution in [-0.2, 0) is 6.42 Å². The van der Waals surface area contributed by atoms with Crippen molar-refractivity contribution in [3.63, 3.8) is 0 Å². The number of benzene rings is 1. The summed E-state index contributed by atoms with van der Waals surface area (Å²) in [6.07, 6.45) is 18.6. The van der Waals surface area contributed by atoms with E-state index in [1.165, 1.54) is 33.5 Å². The molecule has 0 amide bonds. The smallest absolute Gasteiger partial charge is 0.0362 e. The molecule has 0 spiro atoms. The molecule has 1 aromatic rings. The number of nitrogens with zero attached hydrogens (tertiary/aromatic N) is 1. The second kappa shape index (κ2) is 12.3. The Hall–Kier alpha value is -2.54. The van der Waals surface area contributed by atoms with Crippen molar-refractivity contribution in [2.45, 2.75) is 66.8 Å². The van der Waals surface area contributed by atoms with Gasteiger partial charge in [-0.2, -0.15) is 0 Å². The Balaban J connectivity index is 2.71. The van der Waals surface area contributed by atoms with Crippen LogP contribution in [-0.4, -0.2) is 17.5 Å². The van der Waals surface area contributed by atoms with Crippen LogP contribution in [0.4, 0.5) is 0 Å². The predicted octanol–water partition coefficient (Wildman–Crippen LogP) is 8.12. The molecule has 1 aromatic carbocycles. The van der Waals surface area contributed by atoms with E-state index in [4.69, 9.17) is 0 Å². The molecule has 0 saturated carbocycles. The van der Waals surface area contributed by atoms with E-state index >= 15 is 0 Å². The third kappa shape index (κ3) is 6.47. The zero-order chi connectivity index (χ0) is 22.8. The standard InChI is InChI=1S/C30H41N/c1-8-16-27(22-26-20-14-13-18-24(26)6)28(17-9-2)30-25(7)19-12-11-15-21-31(23(4)5)29(30)10-3/h9,11-20,23,25H,2,8,10,21-22H2,1,3-7H3/b15-11-,19-12-,27-16-,28-17+,30-29+. The summed E-state index contributed by atoms with van der Waals surface area (Å²) >= 11 is 0. The first-order chi connectivity index (χ1) is 14.9. The summed E-state index contributed by atoms with van der Waals surface area (Å²) in [7, 11) is 0. The van der Waals surface area contributed by atoms with Gasteiger partial charge >= 0.3 is 0 Å². The zero-order valence-corrected chi connectivity index (χ0v) is 20.5. The molecule has 0 radical (unpaired) electrons. The van der Waals surface area contributed by atoms with Gasteiger partial charge in [0.25, 0.3) is 0 Å². The van der Waals surface area contributed by atoms with Gasteiger partial charge in [0.15, 0.2) is 0 Å². The van der Waals surface area contributed by atoms with Crippen LogP contribution in [0.1, 0.15) is 58.6 Å². The Labute approximate surface area is 191 Å². The number of hydrogen-bond donors (Lipinski definition) is 0. The van der Waals surface area contributed by atoms with Gasteiger partial charge in [-0.1, -0.05) is 94.1 Å². The van der Waals surface area contributed by atoms with E-state index < -0.39 is 0 Å². The number of aryl methyl sites for hydroxylation is 1. The highest BCUT2D eigenvalue weighted by atomic mass is 15.2. The summed E-state index contributed by atoms with van der Waals surface area (Å²) < 4.78 is 0. The van der Waals surface area contributed by atoms with Gasteiger partial charge < -0.3 is 4.90 Å². The fourth-order valence-corrected chi connectivity index (χ4v) is 4.45. The van der Waals surface area contributed by atoms with Crippen LogP contribution in [0.2, 0.25) is 0 Å². The van der Waals surface area contributed by atoms with Gasteiger partial charge in [0.2, 0.25) is 0 Å². The van der Waals surface area contributed by atoms with Crippen LogP contribution in [0.5, 0.6) is 0 Å². The molecule has 1 aliphatic heterocycles. The third-order valence-corrected chi connectivity index (χ3v) is 6.03. The van der Waals surface area contributed by atoms with Crippen LogP contribution in [0.15, 0.2) is 95.8 Å². The first kappa shape index (κ1) is 24.7. The third-order valence-electron chi connectivity index (χ3n) is 6.03. The maximum Gasteiger partial charge on any atom is 0.0362 e. The highest BCUT2D eigenvalue weighted by Gasteiger charge is 2.24. The van der Waals surface area contributed by atoms with Gasteiger partial charge in [0, 0.05) is 24.2 Å². The van der Waals surface area contributed by atoms with E-state index in [0.29, 0.717) is 12.0 Å². The van der Waals surface area contributed by atoms with Crippen molar-refractivity contribution >= 4 is 0 Å². The monoisotopic (exact) mass is 415 g/mol. The fraction of sp³-hybridized carbons (Fsp3) is 0.400. The summed E-state index contributed by atoms with van der Waals surface area (Å²) in [5, 5.41) is 0. The van der Waals surface area contributed by atoms with Gasteiger partial charge in [0.1, 0.15) is 0 Å². The van der Waals surface area contributed by atoms with E-state index in [0.717, 1.165) is 25.8 Å². The maximum atomic E-state index is 4.08. The first-order valence-electron chi connectivity index (χ1n) is 11.8. The Morgan fingerprint density at radius 1 is 1.19 bits per heavy atom. The average Bonchev–Trinajstić information content (AvgIpc) is 2.82. The second-order valence-electron chi connectivity index (χ2n) is 8.62. The first-order valence-corrected chi connectivity index (χ1v) is 11.8. The summed E-state index contributed by atoms with van der Waals surface area (Å²) in [5.74, 6) is 0.322. The Kier molecular flexibility index (Phi) is 9.85. The molecule has 1 heteroatoms. The van der Waals surface area contributed by atoms with Crippen molar-refractivity contribution in [1.82, 2.24) is 4.90 Å². The lowest BCUT2D eigenvalue weighted by atomic mass is 9.82. The van der Waals surface area contributed by atoms with Crippen LogP contribution in [0.25, 0.3) is 0 Å². The maximum absolute atomic E-state index is 4.08. The van der Waals surface area contributed by atoms with E-state index in [9.17, 15) is 0 Å². The average molecular weight is 416 g/mol. The van der Waals surface area contributed by atoms with Gasteiger partial charge in [0.05, 0.1) is 0 Å². The molecule has 1 aliphatic rings. The fourth-order valence-electron chi connectivity index (χ4n) is 4.45. The lowest BCUT2D eigenvalue weighted by molar-refractivity contribution is 0.299. The van der Waals surface area contributed by atoms with E-state index in [-0.39, 0.29) is 0 Å². The lowest BCUT2D eigenvalue weighted by Gasteiger charge is -2.34. The van der Waals surface area contributed by atoms with E-state index in [2.05, 4.69) is 114 Å². The predicted molar refractivity (Wildman–Crippen MR) is 138 cm³/mol. The molecule has 166 valence electrons. The van der Waals surface area contributed by atoms with Crippen molar-refractivity contribution in [3.05, 3.63) is 107 Å². The summed E-state index contributed by atoms with van der Waals surface area (Å²) in [4.78, 5) is 2.56. The van der Waals surface area contributed by atoms with Crippen LogP contribution >= 0.6 is 0 Å². The molecular weight excluding hydrogens is 374 g/mol. The minimum Gasteiger partial charge on any atom is -0.368 e. The van der Waals surface area contributed by atoms with E-state index in [1.54, 1.807) is 0 Å². The molecule has 0 aromatic heterocycles. The molecule has 0 N–H and O–H groups in total. The summed E-state index contributed by atoms with van der Waals surface area (Å²) in [5.41, 5.74) is 8.35. The van der Waals surface area contributed by atoms with Crippen molar-refractivity contribution in [2.75, 3.05) is 6.54 Å². The molecule has 0 bridgehead atoms. The van der Waals surface area contributed by atoms with Gasteiger partial charge in [-0.3, -0.25) is 0 Å². The van der Waals surface area contributed by atoms with Crippen molar-refractivity contribution in [2.24, 2.45) is 5.92 Å². The number of rotatable bonds is 8. The van der Waals surface area contributed by atoms with Crippen molar-refractivity contribution in [1.29, 1.82) is 0 Å². The molecule has 1 heterocycles. The number of allylic oxidation sites excluding steroid dienone is 10. The largest absolute Gasteiger partial charge is 0.368 e. The SMILES string of the molecule is C=C/C=C(C(=C/CC)\Cc1ccccc1C)/C1=C(\CC)N(C(C)C)C/C=C\C=C/C1C. The van der Waals surface area contributed by atoms with Gasteiger partial charge in [-0.15, -0.1) is 0 Å². The zero-order valence-electron chi connectivity index (χ0n) is 20.5. The minimum absolute atomic E-state index is 0.322. The topological polar surface area (TPSA) is 3.24 Å². The Morgan fingerprint density at radius 2 is 1.94 bits per heavy atom. The second-order valence-corrected chi connectivity index (χ2v) is 8.62. The highest BCUT2D eigenvalue weighted by Crippen LogP contribution is 2.36. The van der Waals surface area contributed by atoms with E-state index in [1.807, 2.05) is 6.08 Å². The molecule has 1 nitrogen and oxygen atoms in total. The van der Waals surface area contributed by atoms with Crippen LogP contribution in [0, 0.1) is 12.8 Å². The molecule has 1 unspecified atom stereocenters. The summed E-state index contributed by atoms with van der Waals surface area (Å²) in [6, 6.07) is 9.19. The Morgan fingerprint density at radius 3 is 2.55 bits per heavy atom. The normalized spacial score (nSPS) is 22.7. The highest BCUT2D eigenvalue weighted by molar-refractivity contribution is 5.54.